The third kappa shape index (κ3) is 4.74. The SMILES string of the molecule is CCC1=C(c2ccc(-c3ccc(C/C=C\Cc4ccccc4)cc3)cc2C)C2(c3cc4ccccc4cc31)c1ccccc1-c1ccccc12. The smallest absolute Gasteiger partial charge is 0.0728 e. The number of fused-ring (bicyclic) bond motifs is 8. The minimum atomic E-state index is -0.375. The van der Waals surface area contributed by atoms with E-state index in [0.29, 0.717) is 0 Å². The summed E-state index contributed by atoms with van der Waals surface area (Å²) in [6.45, 7) is 4.65. The Labute approximate surface area is 296 Å². The molecule has 0 heteroatoms. The Hall–Kier alpha value is -5.72. The normalized spacial score (nSPS) is 14.0. The third-order valence-corrected chi connectivity index (χ3v) is 11.1. The number of hydrogen-bond donors (Lipinski definition) is 0. The first-order valence-electron chi connectivity index (χ1n) is 18.0. The Bertz CT molecular complexity index is 2410. The van der Waals surface area contributed by atoms with Gasteiger partial charge in [0.2, 0.25) is 0 Å². The van der Waals surface area contributed by atoms with Crippen molar-refractivity contribution in [1.82, 2.24) is 0 Å². The maximum absolute atomic E-state index is 2.49. The highest BCUT2D eigenvalue weighted by Gasteiger charge is 2.53. The summed E-state index contributed by atoms with van der Waals surface area (Å²) in [5.74, 6) is 0. The lowest BCUT2D eigenvalue weighted by Crippen LogP contribution is -2.27. The Morgan fingerprint density at radius 1 is 0.460 bits per heavy atom. The molecule has 7 aromatic rings. The van der Waals surface area contributed by atoms with Crippen LogP contribution in [0.5, 0.6) is 0 Å². The number of hydrogen-bond acceptors (Lipinski definition) is 0. The standard InChI is InChI=1S/C50H40/c1-3-41-45-32-38-19-9-10-20-39(38)33-48(45)50(46-23-13-11-21-43(46)44-22-12-14-24-47(44)50)49(41)42-30-29-40(31-34(42)2)37-27-25-36(26-28-37)18-8-7-17-35-15-5-4-6-16-35/h4-16,19-33H,3,17-18H2,1-2H3/b8-7-. The van der Waals surface area contributed by atoms with Gasteiger partial charge in [-0.25, -0.2) is 0 Å². The number of aryl methyl sites for hydroxylation is 1. The summed E-state index contributed by atoms with van der Waals surface area (Å²) < 4.78 is 0. The van der Waals surface area contributed by atoms with Gasteiger partial charge in [-0.1, -0.05) is 165 Å². The van der Waals surface area contributed by atoms with Crippen LogP contribution < -0.4 is 0 Å². The van der Waals surface area contributed by atoms with Gasteiger partial charge in [-0.2, -0.15) is 0 Å². The molecule has 0 amide bonds. The highest BCUT2D eigenvalue weighted by Crippen LogP contribution is 2.65. The molecule has 2 aliphatic rings. The highest BCUT2D eigenvalue weighted by atomic mass is 14.5. The Kier molecular flexibility index (Phi) is 7.47. The van der Waals surface area contributed by atoms with Gasteiger partial charge in [0.25, 0.3) is 0 Å². The lowest BCUT2D eigenvalue weighted by atomic mass is 9.67. The molecule has 0 saturated carbocycles. The van der Waals surface area contributed by atoms with Crippen LogP contribution in [0.25, 0.3) is 44.2 Å². The van der Waals surface area contributed by atoms with Crippen LogP contribution in [0.1, 0.15) is 57.9 Å². The quantitative estimate of drug-likeness (QED) is 0.152. The molecule has 50 heavy (non-hydrogen) atoms. The van der Waals surface area contributed by atoms with Crippen molar-refractivity contribution in [1.29, 1.82) is 0 Å². The van der Waals surface area contributed by atoms with E-state index in [-0.39, 0.29) is 5.41 Å². The van der Waals surface area contributed by atoms with Crippen LogP contribution in [0.15, 0.2) is 170 Å². The van der Waals surface area contributed by atoms with Crippen molar-refractivity contribution in [3.8, 4) is 22.3 Å². The summed E-state index contributed by atoms with van der Waals surface area (Å²) in [5.41, 5.74) is 18.7. The van der Waals surface area contributed by atoms with Gasteiger partial charge >= 0.3 is 0 Å². The fraction of sp³-hybridized carbons (Fsp3) is 0.120. The van der Waals surface area contributed by atoms with Crippen LogP contribution in [0.2, 0.25) is 0 Å². The van der Waals surface area contributed by atoms with Gasteiger partial charge < -0.3 is 0 Å². The monoisotopic (exact) mass is 640 g/mol. The molecule has 0 bridgehead atoms. The Morgan fingerprint density at radius 2 is 1.02 bits per heavy atom. The third-order valence-electron chi connectivity index (χ3n) is 11.1. The highest BCUT2D eigenvalue weighted by molar-refractivity contribution is 6.11. The molecule has 0 atom stereocenters. The van der Waals surface area contributed by atoms with Gasteiger partial charge in [0.15, 0.2) is 0 Å². The van der Waals surface area contributed by atoms with E-state index in [1.54, 1.807) is 0 Å². The fourth-order valence-electron chi connectivity index (χ4n) is 8.83. The zero-order chi connectivity index (χ0) is 33.7. The second kappa shape index (κ2) is 12.3. The zero-order valence-corrected chi connectivity index (χ0v) is 28.8. The zero-order valence-electron chi connectivity index (χ0n) is 28.8. The molecule has 0 nitrogen and oxygen atoms in total. The van der Waals surface area contributed by atoms with Gasteiger partial charge in [-0.05, 0) is 127 Å². The molecule has 0 N–H and O–H groups in total. The lowest BCUT2D eigenvalue weighted by molar-refractivity contribution is 0.842. The van der Waals surface area contributed by atoms with Crippen molar-refractivity contribution in [2.45, 2.75) is 38.5 Å². The van der Waals surface area contributed by atoms with Crippen molar-refractivity contribution in [2.75, 3.05) is 0 Å². The first-order valence-corrected chi connectivity index (χ1v) is 18.0. The summed E-state index contributed by atoms with van der Waals surface area (Å²) in [6.07, 6.45) is 7.45. The number of benzene rings is 7. The molecule has 0 heterocycles. The van der Waals surface area contributed by atoms with Crippen molar-refractivity contribution in [3.05, 3.63) is 214 Å². The predicted molar refractivity (Wildman–Crippen MR) is 212 cm³/mol. The second-order valence-corrected chi connectivity index (χ2v) is 13.9. The summed E-state index contributed by atoms with van der Waals surface area (Å²) in [6, 6.07) is 59.0. The Morgan fingerprint density at radius 3 is 1.66 bits per heavy atom. The summed E-state index contributed by atoms with van der Waals surface area (Å²) in [7, 11) is 0. The van der Waals surface area contributed by atoms with Crippen LogP contribution in [-0.2, 0) is 18.3 Å². The molecule has 9 rings (SSSR count). The van der Waals surface area contributed by atoms with Crippen LogP contribution in [0, 0.1) is 6.92 Å². The van der Waals surface area contributed by atoms with Crippen molar-refractivity contribution >= 4 is 21.9 Å². The fourth-order valence-corrected chi connectivity index (χ4v) is 8.83. The molecule has 2 aliphatic carbocycles. The molecule has 0 aliphatic heterocycles. The molecule has 0 radical (unpaired) electrons. The molecule has 0 fully saturated rings. The van der Waals surface area contributed by atoms with Gasteiger partial charge in [0.1, 0.15) is 0 Å². The maximum atomic E-state index is 2.49. The van der Waals surface area contributed by atoms with E-state index in [9.17, 15) is 0 Å². The van der Waals surface area contributed by atoms with E-state index in [0.717, 1.165) is 19.3 Å². The molecular weight excluding hydrogens is 601 g/mol. The number of rotatable bonds is 7. The summed E-state index contributed by atoms with van der Waals surface area (Å²) >= 11 is 0. The first-order chi connectivity index (χ1) is 24.7. The van der Waals surface area contributed by atoms with Crippen LogP contribution in [0.3, 0.4) is 0 Å². The topological polar surface area (TPSA) is 0 Å². The predicted octanol–water partition coefficient (Wildman–Crippen LogP) is 12.8. The van der Waals surface area contributed by atoms with Crippen LogP contribution in [0.4, 0.5) is 0 Å². The van der Waals surface area contributed by atoms with E-state index >= 15 is 0 Å². The number of allylic oxidation sites excluding steroid dienone is 4. The average Bonchev–Trinajstić information content (AvgIpc) is 3.62. The van der Waals surface area contributed by atoms with E-state index in [1.807, 2.05) is 0 Å². The van der Waals surface area contributed by atoms with E-state index in [1.165, 1.54) is 88.7 Å². The van der Waals surface area contributed by atoms with Crippen LogP contribution in [-0.4, -0.2) is 0 Å². The molecule has 0 aromatic heterocycles. The van der Waals surface area contributed by atoms with E-state index < -0.39 is 0 Å². The van der Waals surface area contributed by atoms with Crippen LogP contribution >= 0.6 is 0 Å². The lowest BCUT2D eigenvalue weighted by Gasteiger charge is -2.34. The van der Waals surface area contributed by atoms with Gasteiger partial charge in [0.05, 0.1) is 5.41 Å². The molecule has 0 unspecified atom stereocenters. The van der Waals surface area contributed by atoms with E-state index in [4.69, 9.17) is 0 Å². The van der Waals surface area contributed by atoms with Gasteiger partial charge in [0, 0.05) is 0 Å². The molecular formula is C50H40. The first kappa shape index (κ1) is 30.3. The van der Waals surface area contributed by atoms with Crippen molar-refractivity contribution < 1.29 is 0 Å². The van der Waals surface area contributed by atoms with Gasteiger partial charge in [-0.3, -0.25) is 0 Å². The van der Waals surface area contributed by atoms with Gasteiger partial charge in [-0.15, -0.1) is 0 Å². The van der Waals surface area contributed by atoms with E-state index in [2.05, 4.69) is 184 Å². The second-order valence-electron chi connectivity index (χ2n) is 13.9. The maximum Gasteiger partial charge on any atom is 0.0728 e. The Balaban J connectivity index is 1.14. The average molecular weight is 641 g/mol. The molecule has 240 valence electrons. The minimum Gasteiger partial charge on any atom is -0.0838 e. The largest absolute Gasteiger partial charge is 0.0838 e. The molecule has 0 saturated heterocycles. The molecule has 7 aromatic carbocycles. The minimum absolute atomic E-state index is 0.375. The summed E-state index contributed by atoms with van der Waals surface area (Å²) in [4.78, 5) is 0. The van der Waals surface area contributed by atoms with Crippen molar-refractivity contribution in [2.24, 2.45) is 0 Å². The summed E-state index contributed by atoms with van der Waals surface area (Å²) in [5, 5.41) is 2.60. The molecule has 1 spiro atoms. The van der Waals surface area contributed by atoms with Crippen molar-refractivity contribution in [3.63, 3.8) is 0 Å².